The van der Waals surface area contributed by atoms with Crippen molar-refractivity contribution in [3.05, 3.63) is 42.3 Å². The van der Waals surface area contributed by atoms with Gasteiger partial charge < -0.3 is 9.32 Å². The number of amides is 1. The van der Waals surface area contributed by atoms with Gasteiger partial charge in [-0.2, -0.15) is 0 Å². The van der Waals surface area contributed by atoms with Gasteiger partial charge in [-0.15, -0.1) is 0 Å². The number of hydrogen-bond acceptors (Lipinski definition) is 3. The molecule has 1 heterocycles. The summed E-state index contributed by atoms with van der Waals surface area (Å²) in [4.78, 5) is 19.2. The monoisotopic (exact) mass is 342 g/mol. The van der Waals surface area contributed by atoms with E-state index in [2.05, 4.69) is 32.7 Å². The third-order valence-corrected chi connectivity index (χ3v) is 4.21. The van der Waals surface area contributed by atoms with E-state index >= 15 is 0 Å². The molecule has 25 heavy (non-hydrogen) atoms. The average Bonchev–Trinajstić information content (AvgIpc) is 3.03. The standard InChI is InChI=1S/C21H30N2O2/c1-16(2)10-12-23(13-11-17(3)4)20(24)14-19-15-25-21(22-19)18-8-6-5-7-9-18/h5-9,15-17H,10-14H2,1-4H3. The van der Waals surface area contributed by atoms with Crippen LogP contribution in [0.15, 0.2) is 41.0 Å². The van der Waals surface area contributed by atoms with Gasteiger partial charge in [0, 0.05) is 18.7 Å². The van der Waals surface area contributed by atoms with Crippen LogP contribution < -0.4 is 0 Å². The number of carbonyl (C=O) groups is 1. The summed E-state index contributed by atoms with van der Waals surface area (Å²) in [6.07, 6.45) is 3.95. The van der Waals surface area contributed by atoms with Crippen LogP contribution in [-0.2, 0) is 11.2 Å². The molecule has 0 bridgehead atoms. The Balaban J connectivity index is 2.00. The van der Waals surface area contributed by atoms with Crippen LogP contribution >= 0.6 is 0 Å². The largest absolute Gasteiger partial charge is 0.444 e. The minimum atomic E-state index is 0.134. The Morgan fingerprint density at radius 3 is 2.20 bits per heavy atom. The summed E-state index contributed by atoms with van der Waals surface area (Å²) in [6, 6.07) is 9.76. The Kier molecular flexibility index (Phi) is 7.23. The molecular formula is C21H30N2O2. The second kappa shape index (κ2) is 9.40. The zero-order chi connectivity index (χ0) is 18.2. The van der Waals surface area contributed by atoms with Crippen molar-refractivity contribution in [2.45, 2.75) is 47.0 Å². The molecule has 0 aliphatic rings. The molecule has 0 spiro atoms. The second-order valence-electron chi connectivity index (χ2n) is 7.43. The topological polar surface area (TPSA) is 46.3 Å². The highest BCUT2D eigenvalue weighted by atomic mass is 16.3. The lowest BCUT2D eigenvalue weighted by atomic mass is 10.1. The van der Waals surface area contributed by atoms with Gasteiger partial charge in [0.1, 0.15) is 6.26 Å². The molecule has 0 aliphatic heterocycles. The molecule has 0 atom stereocenters. The van der Waals surface area contributed by atoms with Crippen LogP contribution in [0, 0.1) is 11.8 Å². The van der Waals surface area contributed by atoms with E-state index in [1.54, 1.807) is 6.26 Å². The summed E-state index contributed by atoms with van der Waals surface area (Å²) in [7, 11) is 0. The molecule has 1 aromatic heterocycles. The molecule has 4 nitrogen and oxygen atoms in total. The van der Waals surface area contributed by atoms with Gasteiger partial charge in [-0.1, -0.05) is 45.9 Å². The van der Waals surface area contributed by atoms with Gasteiger partial charge in [0.05, 0.1) is 12.1 Å². The number of benzene rings is 1. The number of hydrogen-bond donors (Lipinski definition) is 0. The fraction of sp³-hybridized carbons (Fsp3) is 0.524. The Labute approximate surface area is 151 Å². The number of nitrogens with zero attached hydrogens (tertiary/aromatic N) is 2. The first-order chi connectivity index (χ1) is 12.0. The van der Waals surface area contributed by atoms with Gasteiger partial charge in [0.2, 0.25) is 11.8 Å². The molecule has 4 heteroatoms. The average molecular weight is 342 g/mol. The van der Waals surface area contributed by atoms with E-state index in [1.165, 1.54) is 0 Å². The van der Waals surface area contributed by atoms with Crippen LogP contribution in [0.1, 0.15) is 46.2 Å². The Morgan fingerprint density at radius 2 is 1.64 bits per heavy atom. The number of carbonyl (C=O) groups excluding carboxylic acids is 1. The highest BCUT2D eigenvalue weighted by molar-refractivity contribution is 5.78. The molecule has 2 rings (SSSR count). The molecule has 0 N–H and O–H groups in total. The molecule has 136 valence electrons. The molecule has 0 unspecified atom stereocenters. The minimum Gasteiger partial charge on any atom is -0.444 e. The molecule has 0 saturated carbocycles. The van der Waals surface area contributed by atoms with Crippen LogP contribution in [0.3, 0.4) is 0 Å². The molecule has 1 amide bonds. The molecule has 1 aromatic carbocycles. The fourth-order valence-corrected chi connectivity index (χ4v) is 2.56. The summed E-state index contributed by atoms with van der Waals surface area (Å²) in [5.41, 5.74) is 1.63. The smallest absolute Gasteiger partial charge is 0.228 e. The van der Waals surface area contributed by atoms with Gasteiger partial charge in [-0.3, -0.25) is 4.79 Å². The predicted molar refractivity (Wildman–Crippen MR) is 101 cm³/mol. The number of rotatable bonds is 9. The maximum absolute atomic E-state index is 12.7. The van der Waals surface area contributed by atoms with Gasteiger partial charge in [-0.25, -0.2) is 4.98 Å². The normalized spacial score (nSPS) is 11.3. The summed E-state index contributed by atoms with van der Waals surface area (Å²) < 4.78 is 5.55. The van der Waals surface area contributed by atoms with E-state index in [1.807, 2.05) is 35.2 Å². The van der Waals surface area contributed by atoms with Crippen molar-refractivity contribution < 1.29 is 9.21 Å². The second-order valence-corrected chi connectivity index (χ2v) is 7.43. The summed E-state index contributed by atoms with van der Waals surface area (Å²) in [5, 5.41) is 0. The highest BCUT2D eigenvalue weighted by Gasteiger charge is 2.17. The number of aromatic nitrogens is 1. The van der Waals surface area contributed by atoms with Crippen molar-refractivity contribution in [2.75, 3.05) is 13.1 Å². The van der Waals surface area contributed by atoms with Crippen molar-refractivity contribution in [1.29, 1.82) is 0 Å². The van der Waals surface area contributed by atoms with Crippen molar-refractivity contribution in [3.63, 3.8) is 0 Å². The van der Waals surface area contributed by atoms with E-state index in [9.17, 15) is 4.79 Å². The van der Waals surface area contributed by atoms with Crippen LogP contribution in [0.5, 0.6) is 0 Å². The lowest BCUT2D eigenvalue weighted by Gasteiger charge is -2.24. The van der Waals surface area contributed by atoms with Crippen molar-refractivity contribution >= 4 is 5.91 Å². The van der Waals surface area contributed by atoms with E-state index in [0.717, 1.165) is 31.5 Å². The van der Waals surface area contributed by atoms with Crippen LogP contribution in [0.2, 0.25) is 0 Å². The van der Waals surface area contributed by atoms with Gasteiger partial charge >= 0.3 is 0 Å². The summed E-state index contributed by atoms with van der Waals surface area (Å²) in [5.74, 6) is 1.88. The predicted octanol–water partition coefficient (Wildman–Crippen LogP) is 4.80. The summed E-state index contributed by atoms with van der Waals surface area (Å²) in [6.45, 7) is 10.4. The van der Waals surface area contributed by atoms with E-state index in [4.69, 9.17) is 4.42 Å². The lowest BCUT2D eigenvalue weighted by molar-refractivity contribution is -0.130. The van der Waals surface area contributed by atoms with Gasteiger partial charge in [-0.05, 0) is 36.8 Å². The van der Waals surface area contributed by atoms with Crippen LogP contribution in [0.4, 0.5) is 0 Å². The maximum atomic E-state index is 12.7. The lowest BCUT2D eigenvalue weighted by Crippen LogP contribution is -2.35. The third kappa shape index (κ3) is 6.37. The fourth-order valence-electron chi connectivity index (χ4n) is 2.56. The SMILES string of the molecule is CC(C)CCN(CCC(C)C)C(=O)Cc1coc(-c2ccccc2)n1. The van der Waals surface area contributed by atoms with Gasteiger partial charge in [0.15, 0.2) is 0 Å². The Bertz CT molecular complexity index is 635. The number of oxazole rings is 1. The molecule has 0 aliphatic carbocycles. The zero-order valence-electron chi connectivity index (χ0n) is 15.9. The first-order valence-corrected chi connectivity index (χ1v) is 9.23. The third-order valence-electron chi connectivity index (χ3n) is 4.21. The summed E-state index contributed by atoms with van der Waals surface area (Å²) >= 11 is 0. The maximum Gasteiger partial charge on any atom is 0.228 e. The molecule has 0 saturated heterocycles. The highest BCUT2D eigenvalue weighted by Crippen LogP contribution is 2.18. The molecule has 2 aromatic rings. The molecule has 0 fully saturated rings. The van der Waals surface area contributed by atoms with Crippen molar-refractivity contribution in [1.82, 2.24) is 9.88 Å². The quantitative estimate of drug-likeness (QED) is 0.657. The minimum absolute atomic E-state index is 0.134. The van der Waals surface area contributed by atoms with Crippen LogP contribution in [0.25, 0.3) is 11.5 Å². The van der Waals surface area contributed by atoms with E-state index < -0.39 is 0 Å². The van der Waals surface area contributed by atoms with Gasteiger partial charge in [0.25, 0.3) is 0 Å². The Morgan fingerprint density at radius 1 is 1.04 bits per heavy atom. The molecule has 0 radical (unpaired) electrons. The van der Waals surface area contributed by atoms with Crippen molar-refractivity contribution in [2.24, 2.45) is 11.8 Å². The molecular weight excluding hydrogens is 312 g/mol. The zero-order valence-corrected chi connectivity index (χ0v) is 15.9. The van der Waals surface area contributed by atoms with Crippen molar-refractivity contribution in [3.8, 4) is 11.5 Å². The van der Waals surface area contributed by atoms with E-state index in [0.29, 0.717) is 29.8 Å². The first-order valence-electron chi connectivity index (χ1n) is 9.23. The van der Waals surface area contributed by atoms with E-state index in [-0.39, 0.29) is 5.91 Å². The first kappa shape index (κ1) is 19.2. The Hall–Kier alpha value is -2.10. The van der Waals surface area contributed by atoms with Crippen LogP contribution in [-0.4, -0.2) is 28.9 Å².